The van der Waals surface area contributed by atoms with Crippen molar-refractivity contribution in [2.24, 2.45) is 5.92 Å². The van der Waals surface area contributed by atoms with Crippen LogP contribution in [-0.2, 0) is 11.3 Å². The Balaban J connectivity index is 1.22. The van der Waals surface area contributed by atoms with Gasteiger partial charge in [-0.2, -0.15) is 0 Å². The first-order chi connectivity index (χ1) is 13.4. The topological polar surface area (TPSA) is 24.9 Å². The Bertz CT molecular complexity index is 546. The molecular weight excluding hydrogens is 336 g/mol. The van der Waals surface area contributed by atoms with Crippen LogP contribution in [0.2, 0.25) is 0 Å². The summed E-state index contributed by atoms with van der Waals surface area (Å²) in [6, 6.07) is 9.68. The third-order valence-electron chi connectivity index (χ3n) is 6.37. The average Bonchev–Trinajstić information content (AvgIpc) is 3.56. The second kappa shape index (κ2) is 9.90. The van der Waals surface area contributed by atoms with E-state index in [1.165, 1.54) is 57.1 Å². The first-order valence-electron chi connectivity index (χ1n) is 11.1. The van der Waals surface area contributed by atoms with Crippen molar-refractivity contribution in [2.45, 2.75) is 57.5 Å². The lowest BCUT2D eigenvalue weighted by molar-refractivity contribution is 0.0322. The van der Waals surface area contributed by atoms with E-state index in [-0.39, 0.29) is 0 Å². The zero-order valence-corrected chi connectivity index (χ0v) is 16.8. The third-order valence-corrected chi connectivity index (χ3v) is 6.37. The summed E-state index contributed by atoms with van der Waals surface area (Å²) in [6.45, 7) is 7.93. The lowest BCUT2D eigenvalue weighted by Gasteiger charge is -2.30. The SMILES string of the molecule is c1cc(OCCN2CCOCC2)ccc1CN(CC1CCCCC1)C1CC1. The molecule has 3 fully saturated rings. The van der Waals surface area contributed by atoms with Crippen molar-refractivity contribution in [3.8, 4) is 5.75 Å². The summed E-state index contributed by atoms with van der Waals surface area (Å²) in [6.07, 6.45) is 10.0. The van der Waals surface area contributed by atoms with E-state index in [1.54, 1.807) is 0 Å². The maximum Gasteiger partial charge on any atom is 0.119 e. The molecule has 1 aromatic carbocycles. The van der Waals surface area contributed by atoms with Crippen LogP contribution in [0.3, 0.4) is 0 Å². The zero-order valence-electron chi connectivity index (χ0n) is 16.8. The lowest BCUT2D eigenvalue weighted by atomic mass is 9.89. The Labute approximate surface area is 164 Å². The van der Waals surface area contributed by atoms with Crippen molar-refractivity contribution in [3.63, 3.8) is 0 Å². The van der Waals surface area contributed by atoms with Crippen LogP contribution in [0.25, 0.3) is 0 Å². The molecule has 0 unspecified atom stereocenters. The summed E-state index contributed by atoms with van der Waals surface area (Å²) in [7, 11) is 0. The van der Waals surface area contributed by atoms with Crippen molar-refractivity contribution < 1.29 is 9.47 Å². The van der Waals surface area contributed by atoms with Gasteiger partial charge in [0.25, 0.3) is 0 Å². The molecule has 1 aromatic rings. The van der Waals surface area contributed by atoms with Crippen LogP contribution in [0, 0.1) is 5.92 Å². The molecule has 0 aromatic heterocycles. The molecule has 0 spiro atoms. The van der Waals surface area contributed by atoms with Crippen LogP contribution in [0.4, 0.5) is 0 Å². The average molecular weight is 373 g/mol. The van der Waals surface area contributed by atoms with Gasteiger partial charge in [-0.25, -0.2) is 0 Å². The van der Waals surface area contributed by atoms with Crippen LogP contribution in [0.5, 0.6) is 5.75 Å². The molecule has 2 aliphatic carbocycles. The number of nitrogens with zero attached hydrogens (tertiary/aromatic N) is 2. The van der Waals surface area contributed by atoms with Crippen molar-refractivity contribution >= 4 is 0 Å². The highest BCUT2D eigenvalue weighted by Gasteiger charge is 2.30. The Morgan fingerprint density at radius 1 is 0.963 bits per heavy atom. The highest BCUT2D eigenvalue weighted by Crippen LogP contribution is 2.32. The molecule has 4 rings (SSSR count). The fourth-order valence-electron chi connectivity index (χ4n) is 4.53. The molecule has 0 N–H and O–H groups in total. The fourth-order valence-corrected chi connectivity index (χ4v) is 4.53. The molecule has 1 aliphatic heterocycles. The minimum atomic E-state index is 0.759. The monoisotopic (exact) mass is 372 g/mol. The summed E-state index contributed by atoms with van der Waals surface area (Å²) in [5.74, 6) is 1.93. The summed E-state index contributed by atoms with van der Waals surface area (Å²) in [4.78, 5) is 5.17. The molecule has 3 aliphatic rings. The highest BCUT2D eigenvalue weighted by atomic mass is 16.5. The number of rotatable bonds is 9. The van der Waals surface area contributed by atoms with E-state index < -0.39 is 0 Å². The lowest BCUT2D eigenvalue weighted by Crippen LogP contribution is -2.38. The second-order valence-corrected chi connectivity index (χ2v) is 8.61. The molecule has 1 heterocycles. The van der Waals surface area contributed by atoms with Gasteiger partial charge in [0.1, 0.15) is 12.4 Å². The maximum absolute atomic E-state index is 5.95. The van der Waals surface area contributed by atoms with E-state index in [4.69, 9.17) is 9.47 Å². The fraction of sp³-hybridized carbons (Fsp3) is 0.739. The Hall–Kier alpha value is -1.10. The van der Waals surface area contributed by atoms with Crippen molar-refractivity contribution in [2.75, 3.05) is 46.0 Å². The van der Waals surface area contributed by atoms with Gasteiger partial charge in [-0.3, -0.25) is 9.80 Å². The summed E-state index contributed by atoms with van der Waals surface area (Å²) in [5, 5.41) is 0. The Morgan fingerprint density at radius 2 is 1.70 bits per heavy atom. The normalized spacial score (nSPS) is 22.3. The van der Waals surface area contributed by atoms with Gasteiger partial charge in [0.15, 0.2) is 0 Å². The van der Waals surface area contributed by atoms with Gasteiger partial charge >= 0.3 is 0 Å². The number of benzene rings is 1. The molecule has 2 saturated carbocycles. The molecule has 0 atom stereocenters. The molecule has 150 valence electrons. The molecule has 4 heteroatoms. The summed E-state index contributed by atoms with van der Waals surface area (Å²) >= 11 is 0. The van der Waals surface area contributed by atoms with E-state index in [2.05, 4.69) is 34.1 Å². The second-order valence-electron chi connectivity index (χ2n) is 8.61. The summed E-state index contributed by atoms with van der Waals surface area (Å²) < 4.78 is 11.3. The third kappa shape index (κ3) is 6.20. The number of morpholine rings is 1. The van der Waals surface area contributed by atoms with Crippen LogP contribution >= 0.6 is 0 Å². The number of hydrogen-bond donors (Lipinski definition) is 0. The van der Waals surface area contributed by atoms with E-state index >= 15 is 0 Å². The molecule has 4 nitrogen and oxygen atoms in total. The molecular formula is C23H36N2O2. The van der Waals surface area contributed by atoms with Gasteiger partial charge in [-0.05, 0) is 49.3 Å². The largest absolute Gasteiger partial charge is 0.492 e. The molecule has 1 saturated heterocycles. The van der Waals surface area contributed by atoms with Gasteiger partial charge in [0.2, 0.25) is 0 Å². The van der Waals surface area contributed by atoms with Crippen LogP contribution < -0.4 is 4.74 Å². The number of ether oxygens (including phenoxy) is 2. The van der Waals surface area contributed by atoms with Gasteiger partial charge in [-0.15, -0.1) is 0 Å². The minimum Gasteiger partial charge on any atom is -0.492 e. The maximum atomic E-state index is 5.95. The molecule has 0 bridgehead atoms. The smallest absolute Gasteiger partial charge is 0.119 e. The van der Waals surface area contributed by atoms with Crippen LogP contribution in [0.15, 0.2) is 24.3 Å². The van der Waals surface area contributed by atoms with Crippen molar-refractivity contribution in [3.05, 3.63) is 29.8 Å². The van der Waals surface area contributed by atoms with E-state index in [9.17, 15) is 0 Å². The quantitative estimate of drug-likeness (QED) is 0.655. The summed E-state index contributed by atoms with van der Waals surface area (Å²) in [5.41, 5.74) is 1.43. The van der Waals surface area contributed by atoms with Gasteiger partial charge < -0.3 is 9.47 Å². The Kier molecular flexibility index (Phi) is 7.05. The standard InChI is InChI=1S/C23H36N2O2/c1-2-4-20(5-3-1)18-25(22-8-9-22)19-21-6-10-23(11-7-21)27-17-14-24-12-15-26-16-13-24/h6-7,10-11,20,22H,1-5,8-9,12-19H2. The molecule has 0 amide bonds. The highest BCUT2D eigenvalue weighted by molar-refractivity contribution is 5.27. The van der Waals surface area contributed by atoms with Gasteiger partial charge in [0, 0.05) is 38.8 Å². The first-order valence-corrected chi connectivity index (χ1v) is 11.1. The zero-order chi connectivity index (χ0) is 18.3. The molecule has 27 heavy (non-hydrogen) atoms. The van der Waals surface area contributed by atoms with Crippen LogP contribution in [-0.4, -0.2) is 61.8 Å². The van der Waals surface area contributed by atoms with Crippen molar-refractivity contribution in [1.29, 1.82) is 0 Å². The van der Waals surface area contributed by atoms with E-state index in [1.807, 2.05) is 0 Å². The predicted molar refractivity (Wildman–Crippen MR) is 109 cm³/mol. The predicted octanol–water partition coefficient (Wildman–Crippen LogP) is 3.94. The van der Waals surface area contributed by atoms with Gasteiger partial charge in [-0.1, -0.05) is 31.4 Å². The molecule has 0 radical (unpaired) electrons. The van der Waals surface area contributed by atoms with Crippen molar-refractivity contribution in [1.82, 2.24) is 9.80 Å². The van der Waals surface area contributed by atoms with E-state index in [0.29, 0.717) is 0 Å². The minimum absolute atomic E-state index is 0.759. The van der Waals surface area contributed by atoms with E-state index in [0.717, 1.165) is 63.7 Å². The van der Waals surface area contributed by atoms with Gasteiger partial charge in [0.05, 0.1) is 13.2 Å². The number of hydrogen-bond acceptors (Lipinski definition) is 4. The Morgan fingerprint density at radius 3 is 2.41 bits per heavy atom. The van der Waals surface area contributed by atoms with Crippen LogP contribution in [0.1, 0.15) is 50.5 Å². The first kappa shape index (κ1) is 19.2.